The van der Waals surface area contributed by atoms with E-state index in [-0.39, 0.29) is 6.04 Å². The van der Waals surface area contributed by atoms with Crippen molar-refractivity contribution in [1.29, 1.82) is 0 Å². The predicted octanol–water partition coefficient (Wildman–Crippen LogP) is 2.87. The van der Waals surface area contributed by atoms with Crippen LogP contribution in [0.15, 0.2) is 10.7 Å². The zero-order valence-electron chi connectivity index (χ0n) is 10.7. The highest BCUT2D eigenvalue weighted by Crippen LogP contribution is 2.25. The lowest BCUT2D eigenvalue weighted by Gasteiger charge is -2.14. The second-order valence-electron chi connectivity index (χ2n) is 4.20. The number of unbranched alkanes of at least 4 members (excludes halogenated alkanes) is 2. The van der Waals surface area contributed by atoms with Gasteiger partial charge in [-0.3, -0.25) is 4.68 Å². The quantitative estimate of drug-likeness (QED) is 0.751. The maximum absolute atomic E-state index is 6.22. The molecule has 1 heterocycles. The Hall–Kier alpha value is -0.390. The van der Waals surface area contributed by atoms with E-state index in [0.29, 0.717) is 6.61 Å². The lowest BCUT2D eigenvalue weighted by Crippen LogP contribution is -2.18. The molecule has 0 aromatic carbocycles. The summed E-state index contributed by atoms with van der Waals surface area (Å²) >= 11 is 3.51. The third-order valence-corrected chi connectivity index (χ3v) is 3.42. The highest BCUT2D eigenvalue weighted by atomic mass is 79.9. The summed E-state index contributed by atoms with van der Waals surface area (Å²) in [6.45, 7) is 3.60. The Bertz CT molecular complexity index is 328. The van der Waals surface area contributed by atoms with Crippen molar-refractivity contribution in [1.82, 2.24) is 9.78 Å². The Kier molecular flexibility index (Phi) is 6.77. The van der Waals surface area contributed by atoms with Crippen LogP contribution in [0.2, 0.25) is 0 Å². The molecule has 98 valence electrons. The molecule has 0 fully saturated rings. The Morgan fingerprint density at radius 2 is 2.29 bits per heavy atom. The number of methoxy groups -OCH3 is 1. The maximum Gasteiger partial charge on any atom is 0.0694 e. The van der Waals surface area contributed by atoms with Crippen molar-refractivity contribution in [3.05, 3.63) is 16.4 Å². The number of hydrogen-bond acceptors (Lipinski definition) is 3. The maximum atomic E-state index is 6.22. The van der Waals surface area contributed by atoms with Gasteiger partial charge in [-0.1, -0.05) is 26.2 Å². The first-order chi connectivity index (χ1) is 8.20. The number of nitrogens with zero attached hydrogens (tertiary/aromatic N) is 2. The number of nitrogens with two attached hydrogens (primary N) is 1. The lowest BCUT2D eigenvalue weighted by atomic mass is 10.1. The van der Waals surface area contributed by atoms with Crippen molar-refractivity contribution in [3.8, 4) is 0 Å². The molecular formula is C12H22BrN3O. The van der Waals surface area contributed by atoms with E-state index in [1.54, 1.807) is 7.11 Å². The Morgan fingerprint density at radius 3 is 2.94 bits per heavy atom. The fourth-order valence-corrected chi connectivity index (χ4v) is 2.44. The molecule has 0 aliphatic carbocycles. The molecule has 1 unspecified atom stereocenters. The second kappa shape index (κ2) is 7.84. The zero-order valence-corrected chi connectivity index (χ0v) is 12.2. The molecular weight excluding hydrogens is 282 g/mol. The number of aromatic nitrogens is 2. The summed E-state index contributed by atoms with van der Waals surface area (Å²) in [5, 5.41) is 4.31. The minimum Gasteiger partial charge on any atom is -0.383 e. The molecule has 1 aromatic heterocycles. The van der Waals surface area contributed by atoms with E-state index in [1.807, 2.05) is 10.9 Å². The molecule has 1 atom stereocenters. The zero-order chi connectivity index (χ0) is 12.7. The van der Waals surface area contributed by atoms with Crippen LogP contribution in [0.5, 0.6) is 0 Å². The van der Waals surface area contributed by atoms with E-state index < -0.39 is 0 Å². The fourth-order valence-electron chi connectivity index (χ4n) is 1.85. The molecule has 0 aliphatic rings. The van der Waals surface area contributed by atoms with Gasteiger partial charge in [-0.2, -0.15) is 5.10 Å². The molecule has 1 aromatic rings. The molecule has 0 saturated carbocycles. The average Bonchev–Trinajstić information content (AvgIpc) is 2.68. The van der Waals surface area contributed by atoms with Crippen LogP contribution in [0.3, 0.4) is 0 Å². The van der Waals surface area contributed by atoms with Gasteiger partial charge in [0.15, 0.2) is 0 Å². The van der Waals surface area contributed by atoms with Crippen LogP contribution < -0.4 is 5.73 Å². The van der Waals surface area contributed by atoms with Gasteiger partial charge in [-0.15, -0.1) is 0 Å². The third kappa shape index (κ3) is 4.41. The minimum absolute atomic E-state index is 0.0512. The molecule has 17 heavy (non-hydrogen) atoms. The Balaban J connectivity index is 2.63. The topological polar surface area (TPSA) is 53.1 Å². The number of halogens is 1. The van der Waals surface area contributed by atoms with Crippen LogP contribution >= 0.6 is 15.9 Å². The van der Waals surface area contributed by atoms with Gasteiger partial charge in [-0.05, 0) is 22.4 Å². The first-order valence-corrected chi connectivity index (χ1v) is 6.95. The number of hydrogen-bond donors (Lipinski definition) is 1. The van der Waals surface area contributed by atoms with Crippen molar-refractivity contribution in [2.45, 2.75) is 45.2 Å². The normalized spacial score (nSPS) is 12.9. The van der Waals surface area contributed by atoms with Gasteiger partial charge in [0.05, 0.1) is 29.5 Å². The van der Waals surface area contributed by atoms with Crippen molar-refractivity contribution in [2.24, 2.45) is 5.73 Å². The van der Waals surface area contributed by atoms with Crippen LogP contribution in [-0.4, -0.2) is 23.5 Å². The van der Waals surface area contributed by atoms with E-state index in [2.05, 4.69) is 28.0 Å². The van der Waals surface area contributed by atoms with E-state index in [4.69, 9.17) is 10.5 Å². The predicted molar refractivity (Wildman–Crippen MR) is 72.9 cm³/mol. The van der Waals surface area contributed by atoms with Gasteiger partial charge >= 0.3 is 0 Å². The summed E-state index contributed by atoms with van der Waals surface area (Å²) in [5.41, 5.74) is 7.30. The van der Waals surface area contributed by atoms with Crippen molar-refractivity contribution < 1.29 is 4.74 Å². The smallest absolute Gasteiger partial charge is 0.0694 e. The van der Waals surface area contributed by atoms with Crippen molar-refractivity contribution in [3.63, 3.8) is 0 Å². The van der Waals surface area contributed by atoms with Crippen LogP contribution in [0.4, 0.5) is 0 Å². The van der Waals surface area contributed by atoms with E-state index in [1.165, 1.54) is 19.3 Å². The molecule has 0 radical (unpaired) electrons. The molecule has 5 heteroatoms. The molecule has 0 saturated heterocycles. The largest absolute Gasteiger partial charge is 0.383 e. The molecule has 0 amide bonds. The van der Waals surface area contributed by atoms with Gasteiger partial charge in [-0.25, -0.2) is 0 Å². The van der Waals surface area contributed by atoms with E-state index >= 15 is 0 Å². The fraction of sp³-hybridized carbons (Fsp3) is 0.750. The summed E-state index contributed by atoms with van der Waals surface area (Å²) < 4.78 is 8.00. The summed E-state index contributed by atoms with van der Waals surface area (Å²) in [5.74, 6) is 0. The third-order valence-electron chi connectivity index (χ3n) is 2.81. The first kappa shape index (κ1) is 14.7. The number of rotatable bonds is 8. The van der Waals surface area contributed by atoms with E-state index in [0.717, 1.165) is 23.1 Å². The molecule has 2 N–H and O–H groups in total. The molecule has 4 nitrogen and oxygen atoms in total. The molecule has 0 bridgehead atoms. The monoisotopic (exact) mass is 303 g/mol. The molecule has 0 spiro atoms. The standard InChI is InChI=1S/C12H22BrN3O/c1-3-4-5-6-11(14)12-10(13)9-15-16(12)7-8-17-2/h9,11H,3-8,14H2,1-2H3. The van der Waals surface area contributed by atoms with Crippen LogP contribution in [-0.2, 0) is 11.3 Å². The van der Waals surface area contributed by atoms with Crippen LogP contribution in [0, 0.1) is 0 Å². The summed E-state index contributed by atoms with van der Waals surface area (Å²) in [4.78, 5) is 0. The summed E-state index contributed by atoms with van der Waals surface area (Å²) in [6.07, 6.45) is 6.43. The van der Waals surface area contributed by atoms with Crippen LogP contribution in [0.1, 0.15) is 44.3 Å². The number of ether oxygens (including phenoxy) is 1. The average molecular weight is 304 g/mol. The SMILES string of the molecule is CCCCCC(N)c1c(Br)cnn1CCOC. The van der Waals surface area contributed by atoms with Gasteiger partial charge < -0.3 is 10.5 Å². The van der Waals surface area contributed by atoms with Crippen molar-refractivity contribution in [2.75, 3.05) is 13.7 Å². The first-order valence-electron chi connectivity index (χ1n) is 6.16. The Morgan fingerprint density at radius 1 is 1.53 bits per heavy atom. The minimum atomic E-state index is 0.0512. The Labute approximate surface area is 112 Å². The van der Waals surface area contributed by atoms with Gasteiger partial charge in [0.2, 0.25) is 0 Å². The van der Waals surface area contributed by atoms with Gasteiger partial charge in [0, 0.05) is 13.2 Å². The summed E-state index contributed by atoms with van der Waals surface area (Å²) in [6, 6.07) is 0.0512. The molecule has 0 aliphatic heterocycles. The van der Waals surface area contributed by atoms with Gasteiger partial charge in [0.1, 0.15) is 0 Å². The highest BCUT2D eigenvalue weighted by Gasteiger charge is 2.15. The van der Waals surface area contributed by atoms with Gasteiger partial charge in [0.25, 0.3) is 0 Å². The summed E-state index contributed by atoms with van der Waals surface area (Å²) in [7, 11) is 1.69. The van der Waals surface area contributed by atoms with E-state index in [9.17, 15) is 0 Å². The second-order valence-corrected chi connectivity index (χ2v) is 5.05. The molecule has 1 rings (SSSR count). The lowest BCUT2D eigenvalue weighted by molar-refractivity contribution is 0.182. The van der Waals surface area contributed by atoms with Crippen molar-refractivity contribution >= 4 is 15.9 Å². The van der Waals surface area contributed by atoms with Crippen LogP contribution in [0.25, 0.3) is 0 Å². The highest BCUT2D eigenvalue weighted by molar-refractivity contribution is 9.10.